The summed E-state index contributed by atoms with van der Waals surface area (Å²) in [5.74, 6) is 1.29. The van der Waals surface area contributed by atoms with Crippen LogP contribution in [0.25, 0.3) is 22.2 Å². The van der Waals surface area contributed by atoms with Crippen molar-refractivity contribution in [3.05, 3.63) is 78.2 Å². The lowest BCUT2D eigenvalue weighted by Crippen LogP contribution is -2.37. The summed E-state index contributed by atoms with van der Waals surface area (Å²) in [6.45, 7) is 4.08. The van der Waals surface area contributed by atoms with E-state index in [0.29, 0.717) is 23.9 Å². The molecule has 1 amide bonds. The molecule has 0 bridgehead atoms. The zero-order valence-electron chi connectivity index (χ0n) is 17.0. The lowest BCUT2D eigenvalue weighted by atomic mass is 10.1. The van der Waals surface area contributed by atoms with Gasteiger partial charge in [-0.15, -0.1) is 0 Å². The van der Waals surface area contributed by atoms with Crippen LogP contribution < -0.4 is 10.1 Å². The van der Waals surface area contributed by atoms with Crippen molar-refractivity contribution < 1.29 is 14.1 Å². The van der Waals surface area contributed by atoms with Crippen LogP contribution in [0.15, 0.2) is 71.3 Å². The van der Waals surface area contributed by atoms with Gasteiger partial charge >= 0.3 is 0 Å². The Balaban J connectivity index is 1.37. The van der Waals surface area contributed by atoms with Crippen LogP contribution in [0.3, 0.4) is 0 Å². The van der Waals surface area contributed by atoms with Crippen LogP contribution in [0.5, 0.6) is 5.75 Å². The van der Waals surface area contributed by atoms with Gasteiger partial charge in [0.25, 0.3) is 5.91 Å². The molecule has 0 saturated carbocycles. The normalized spacial score (nSPS) is 11.9. The lowest BCUT2D eigenvalue weighted by molar-refractivity contribution is -0.128. The van der Waals surface area contributed by atoms with Crippen LogP contribution in [0.4, 0.5) is 0 Å². The molecule has 0 aliphatic heterocycles. The summed E-state index contributed by atoms with van der Waals surface area (Å²) in [4.78, 5) is 17.0. The second-order valence-electron chi connectivity index (χ2n) is 7.12. The summed E-state index contributed by atoms with van der Waals surface area (Å²) in [7, 11) is 0. The quantitative estimate of drug-likeness (QED) is 0.487. The zero-order chi connectivity index (χ0) is 20.9. The molecular weight excluding hydrogens is 378 g/mol. The van der Waals surface area contributed by atoms with Gasteiger partial charge in [0.05, 0.1) is 6.54 Å². The number of nitrogens with one attached hydrogen (secondary N) is 1. The number of ether oxygens (including phenoxy) is 1. The molecule has 4 aromatic rings. The van der Waals surface area contributed by atoms with Crippen molar-refractivity contribution in [2.75, 3.05) is 0 Å². The maximum Gasteiger partial charge on any atom is 0.261 e. The molecule has 0 saturated heterocycles. The molecule has 1 heterocycles. The number of amides is 1. The van der Waals surface area contributed by atoms with Gasteiger partial charge in [0.15, 0.2) is 6.10 Å². The second kappa shape index (κ2) is 8.78. The first-order valence-electron chi connectivity index (χ1n) is 9.95. The van der Waals surface area contributed by atoms with Crippen LogP contribution >= 0.6 is 0 Å². The number of carbonyl (C=O) groups is 1. The zero-order valence-corrected chi connectivity index (χ0v) is 17.0. The van der Waals surface area contributed by atoms with Gasteiger partial charge in [-0.25, -0.2) is 0 Å². The Bertz CT molecular complexity index is 1150. The fraction of sp³-hybridized carbons (Fsp3) is 0.208. The predicted octanol–water partition coefficient (Wildman–Crippen LogP) is 4.67. The Morgan fingerprint density at radius 2 is 1.83 bits per heavy atom. The minimum absolute atomic E-state index is 0.148. The molecule has 3 aromatic carbocycles. The maximum absolute atomic E-state index is 12.6. The number of carbonyl (C=O) groups excluding carboxylic acids is 1. The number of hydrogen-bond acceptors (Lipinski definition) is 5. The van der Waals surface area contributed by atoms with Gasteiger partial charge in [0.2, 0.25) is 11.7 Å². The minimum atomic E-state index is -0.606. The van der Waals surface area contributed by atoms with E-state index in [-0.39, 0.29) is 12.5 Å². The smallest absolute Gasteiger partial charge is 0.261 e. The third-order valence-corrected chi connectivity index (χ3v) is 4.85. The average Bonchev–Trinajstić information content (AvgIpc) is 3.25. The molecule has 4 rings (SSSR count). The number of benzene rings is 3. The van der Waals surface area contributed by atoms with Gasteiger partial charge in [0.1, 0.15) is 5.75 Å². The summed E-state index contributed by atoms with van der Waals surface area (Å²) in [6.07, 6.45) is -0.0671. The number of nitrogens with zero attached hydrogens (tertiary/aromatic N) is 2. The molecule has 1 atom stereocenters. The lowest BCUT2D eigenvalue weighted by Gasteiger charge is -2.17. The number of aryl methyl sites for hydroxylation is 1. The van der Waals surface area contributed by atoms with E-state index in [1.807, 2.05) is 80.6 Å². The molecule has 0 radical (unpaired) electrons. The van der Waals surface area contributed by atoms with Crippen LogP contribution in [0, 0.1) is 6.92 Å². The Kier molecular flexibility index (Phi) is 5.75. The van der Waals surface area contributed by atoms with Gasteiger partial charge in [-0.3, -0.25) is 4.79 Å². The van der Waals surface area contributed by atoms with Gasteiger partial charge in [-0.1, -0.05) is 72.2 Å². The number of fused-ring (bicyclic) bond motifs is 1. The Labute approximate surface area is 174 Å². The van der Waals surface area contributed by atoms with E-state index < -0.39 is 6.10 Å². The summed E-state index contributed by atoms with van der Waals surface area (Å²) in [5, 5.41) is 9.01. The van der Waals surface area contributed by atoms with Crippen LogP contribution in [-0.2, 0) is 11.3 Å². The summed E-state index contributed by atoms with van der Waals surface area (Å²) in [5.41, 5.74) is 2.03. The van der Waals surface area contributed by atoms with E-state index in [1.54, 1.807) is 0 Å². The first-order valence-corrected chi connectivity index (χ1v) is 9.95. The SMILES string of the molecule is CC[C@@H](Oc1ccc2ccccc2c1)C(=O)NCc1nc(-c2ccc(C)cc2)no1. The maximum atomic E-state index is 12.6. The molecule has 6 heteroatoms. The second-order valence-corrected chi connectivity index (χ2v) is 7.12. The van der Waals surface area contributed by atoms with Gasteiger partial charge < -0.3 is 14.6 Å². The minimum Gasteiger partial charge on any atom is -0.481 e. The van der Waals surface area contributed by atoms with Crippen molar-refractivity contribution in [1.29, 1.82) is 0 Å². The highest BCUT2D eigenvalue weighted by Crippen LogP contribution is 2.22. The van der Waals surface area contributed by atoms with Crippen molar-refractivity contribution in [2.24, 2.45) is 0 Å². The highest BCUT2D eigenvalue weighted by atomic mass is 16.5. The van der Waals surface area contributed by atoms with Crippen LogP contribution in [-0.4, -0.2) is 22.2 Å². The number of hydrogen-bond donors (Lipinski definition) is 1. The molecule has 1 N–H and O–H groups in total. The first-order chi connectivity index (χ1) is 14.6. The van der Waals surface area contributed by atoms with E-state index >= 15 is 0 Å². The molecule has 0 aliphatic carbocycles. The van der Waals surface area contributed by atoms with Crippen molar-refractivity contribution in [1.82, 2.24) is 15.5 Å². The molecule has 0 aliphatic rings. The summed E-state index contributed by atoms with van der Waals surface area (Å²) < 4.78 is 11.2. The molecule has 0 unspecified atom stereocenters. The van der Waals surface area contributed by atoms with E-state index in [9.17, 15) is 4.79 Å². The molecule has 30 heavy (non-hydrogen) atoms. The average molecular weight is 401 g/mol. The Morgan fingerprint density at radius 3 is 2.60 bits per heavy atom. The fourth-order valence-electron chi connectivity index (χ4n) is 3.15. The molecule has 6 nitrogen and oxygen atoms in total. The van der Waals surface area contributed by atoms with Crippen molar-refractivity contribution in [3.8, 4) is 17.1 Å². The van der Waals surface area contributed by atoms with E-state index in [0.717, 1.165) is 21.9 Å². The van der Waals surface area contributed by atoms with E-state index in [4.69, 9.17) is 9.26 Å². The topological polar surface area (TPSA) is 77.2 Å². The largest absolute Gasteiger partial charge is 0.481 e. The standard InChI is InChI=1S/C24H23N3O3/c1-3-21(29-20-13-12-17-6-4-5-7-19(17)14-20)24(28)25-15-22-26-23(27-30-22)18-10-8-16(2)9-11-18/h4-14,21H,3,15H2,1-2H3,(H,25,28)/t21-/m1/s1. The van der Waals surface area contributed by atoms with E-state index in [2.05, 4.69) is 15.5 Å². The van der Waals surface area contributed by atoms with Gasteiger partial charge in [-0.05, 0) is 36.2 Å². The molecule has 152 valence electrons. The third kappa shape index (κ3) is 4.49. The van der Waals surface area contributed by atoms with Crippen molar-refractivity contribution in [3.63, 3.8) is 0 Å². The van der Waals surface area contributed by atoms with Gasteiger partial charge in [0, 0.05) is 5.56 Å². The molecule has 1 aromatic heterocycles. The highest BCUT2D eigenvalue weighted by Gasteiger charge is 2.19. The monoisotopic (exact) mass is 401 g/mol. The van der Waals surface area contributed by atoms with Crippen molar-refractivity contribution in [2.45, 2.75) is 32.9 Å². The molecule has 0 spiro atoms. The fourth-order valence-corrected chi connectivity index (χ4v) is 3.15. The Hall–Kier alpha value is -3.67. The van der Waals surface area contributed by atoms with Gasteiger partial charge in [-0.2, -0.15) is 4.98 Å². The summed E-state index contributed by atoms with van der Waals surface area (Å²) in [6, 6.07) is 21.7. The van der Waals surface area contributed by atoms with E-state index in [1.165, 1.54) is 0 Å². The summed E-state index contributed by atoms with van der Waals surface area (Å²) >= 11 is 0. The molecular formula is C24H23N3O3. The first kappa shape index (κ1) is 19.6. The Morgan fingerprint density at radius 1 is 1.07 bits per heavy atom. The van der Waals surface area contributed by atoms with Crippen molar-refractivity contribution >= 4 is 16.7 Å². The third-order valence-electron chi connectivity index (χ3n) is 4.85. The van der Waals surface area contributed by atoms with Crippen LogP contribution in [0.1, 0.15) is 24.8 Å². The highest BCUT2D eigenvalue weighted by molar-refractivity contribution is 5.84. The number of aromatic nitrogens is 2. The van der Waals surface area contributed by atoms with Crippen LogP contribution in [0.2, 0.25) is 0 Å². The number of rotatable bonds is 7. The molecule has 0 fully saturated rings. The predicted molar refractivity (Wildman–Crippen MR) is 115 cm³/mol.